The van der Waals surface area contributed by atoms with Crippen LogP contribution in [-0.4, -0.2) is 58.1 Å². The summed E-state index contributed by atoms with van der Waals surface area (Å²) < 4.78 is 5.19. The van der Waals surface area contributed by atoms with Crippen molar-refractivity contribution in [3.63, 3.8) is 0 Å². The third kappa shape index (κ3) is 4.51. The fraction of sp³-hybridized carbons (Fsp3) is 0.294. The number of ether oxygens (including phenoxy) is 1. The van der Waals surface area contributed by atoms with Gasteiger partial charge in [0.2, 0.25) is 5.91 Å². The lowest BCUT2D eigenvalue weighted by molar-refractivity contribution is -0.130. The van der Waals surface area contributed by atoms with Crippen LogP contribution in [0.25, 0.3) is 11.4 Å². The van der Waals surface area contributed by atoms with Gasteiger partial charge in [-0.25, -0.2) is 19.8 Å². The van der Waals surface area contributed by atoms with E-state index < -0.39 is 6.09 Å². The molecule has 3 rings (SSSR count). The molecule has 8 heteroatoms. The number of hydrogen-bond acceptors (Lipinski definition) is 6. The molecule has 2 amide bonds. The number of hydrogen-bond donors (Lipinski definition) is 1. The van der Waals surface area contributed by atoms with E-state index in [2.05, 4.69) is 15.4 Å². The summed E-state index contributed by atoms with van der Waals surface area (Å²) in [5.41, 5.74) is 3.54. The van der Waals surface area contributed by atoms with Crippen molar-refractivity contribution >= 4 is 12.0 Å². The first-order valence-corrected chi connectivity index (χ1v) is 7.98. The normalized spacial score (nSPS) is 14.8. The number of amides is 2. The number of rotatable bonds is 3. The minimum absolute atomic E-state index is 0.0397. The highest BCUT2D eigenvalue weighted by atomic mass is 16.6. The van der Waals surface area contributed by atoms with E-state index in [0.717, 1.165) is 5.56 Å². The Bertz CT molecular complexity index is 728. The Balaban J connectivity index is 1.51. The second kappa shape index (κ2) is 7.71. The number of benzene rings is 1. The van der Waals surface area contributed by atoms with Crippen LogP contribution in [0.1, 0.15) is 6.92 Å². The number of carbonyl (C=O) groups excluding carboxylic acids is 2. The fourth-order valence-electron chi connectivity index (χ4n) is 2.50. The quantitative estimate of drug-likeness (QED) is 0.906. The van der Waals surface area contributed by atoms with Crippen molar-refractivity contribution in [2.45, 2.75) is 6.92 Å². The Morgan fingerprint density at radius 3 is 2.28 bits per heavy atom. The summed E-state index contributed by atoms with van der Waals surface area (Å²) in [7, 11) is 0. The second-order valence-corrected chi connectivity index (χ2v) is 5.60. The average molecular weight is 341 g/mol. The van der Waals surface area contributed by atoms with Gasteiger partial charge in [-0.2, -0.15) is 0 Å². The van der Waals surface area contributed by atoms with Crippen molar-refractivity contribution in [2.75, 3.05) is 26.2 Å². The molecule has 1 N–H and O–H groups in total. The van der Waals surface area contributed by atoms with Crippen LogP contribution in [0, 0.1) is 0 Å². The maximum Gasteiger partial charge on any atom is 0.427 e. The lowest BCUT2D eigenvalue weighted by Gasteiger charge is -2.33. The molecular formula is C17H19N5O3. The predicted molar refractivity (Wildman–Crippen MR) is 90.5 cm³/mol. The van der Waals surface area contributed by atoms with E-state index in [4.69, 9.17) is 4.74 Å². The number of nitrogens with zero attached hydrogens (tertiary/aromatic N) is 4. The molecule has 1 aromatic heterocycles. The number of nitrogens with one attached hydrogen (secondary N) is 1. The minimum Gasteiger partial charge on any atom is -0.406 e. The first kappa shape index (κ1) is 16.8. The second-order valence-electron chi connectivity index (χ2n) is 5.60. The summed E-state index contributed by atoms with van der Waals surface area (Å²) in [6, 6.07) is 9.54. The van der Waals surface area contributed by atoms with Crippen LogP contribution >= 0.6 is 0 Å². The van der Waals surface area contributed by atoms with Gasteiger partial charge in [0.15, 0.2) is 11.6 Å². The van der Waals surface area contributed by atoms with Crippen LogP contribution in [0.2, 0.25) is 0 Å². The van der Waals surface area contributed by atoms with Gasteiger partial charge in [-0.05, 0) is 0 Å². The molecule has 0 radical (unpaired) electrons. The summed E-state index contributed by atoms with van der Waals surface area (Å²) in [4.78, 5) is 33.4. The van der Waals surface area contributed by atoms with Crippen molar-refractivity contribution in [2.24, 2.45) is 0 Å². The van der Waals surface area contributed by atoms with Crippen LogP contribution in [0.3, 0.4) is 0 Å². The lowest BCUT2D eigenvalue weighted by Crippen LogP contribution is -2.54. The molecule has 0 saturated carbocycles. The standard InChI is InChI=1S/C17H19N5O3/c1-13(23)21-7-9-22(10-8-21)20-17(24)25-15-11-18-16(19-12-15)14-5-3-2-4-6-14/h2-6,11-12H,7-10H2,1H3,(H,20,24). The molecule has 0 spiro atoms. The number of carbonyl (C=O) groups is 2. The van der Waals surface area contributed by atoms with Gasteiger partial charge in [0.05, 0.1) is 12.4 Å². The molecule has 2 heterocycles. The van der Waals surface area contributed by atoms with Gasteiger partial charge in [0, 0.05) is 38.7 Å². The van der Waals surface area contributed by atoms with Crippen molar-refractivity contribution < 1.29 is 14.3 Å². The molecule has 25 heavy (non-hydrogen) atoms. The monoisotopic (exact) mass is 341 g/mol. The summed E-state index contributed by atoms with van der Waals surface area (Å²) in [5.74, 6) is 0.867. The average Bonchev–Trinajstić information content (AvgIpc) is 2.63. The molecule has 0 bridgehead atoms. The lowest BCUT2D eigenvalue weighted by atomic mass is 10.2. The first-order valence-electron chi connectivity index (χ1n) is 7.98. The Morgan fingerprint density at radius 1 is 1.04 bits per heavy atom. The Morgan fingerprint density at radius 2 is 1.68 bits per heavy atom. The molecule has 0 unspecified atom stereocenters. The summed E-state index contributed by atoms with van der Waals surface area (Å²) >= 11 is 0. The van der Waals surface area contributed by atoms with Gasteiger partial charge < -0.3 is 9.64 Å². The molecule has 1 saturated heterocycles. The molecule has 0 aliphatic carbocycles. The zero-order valence-electron chi connectivity index (χ0n) is 13.9. The minimum atomic E-state index is -0.604. The van der Waals surface area contributed by atoms with Gasteiger partial charge >= 0.3 is 6.09 Å². The highest BCUT2D eigenvalue weighted by Gasteiger charge is 2.20. The maximum atomic E-state index is 11.9. The van der Waals surface area contributed by atoms with Gasteiger partial charge in [-0.15, -0.1) is 0 Å². The number of aromatic nitrogens is 2. The fourth-order valence-corrected chi connectivity index (χ4v) is 2.50. The molecule has 130 valence electrons. The molecule has 8 nitrogen and oxygen atoms in total. The van der Waals surface area contributed by atoms with Gasteiger partial charge in [-0.3, -0.25) is 10.2 Å². The smallest absolute Gasteiger partial charge is 0.406 e. The van der Waals surface area contributed by atoms with E-state index in [1.807, 2.05) is 30.3 Å². The molecule has 1 aromatic carbocycles. The molecular weight excluding hydrogens is 322 g/mol. The third-order valence-corrected chi connectivity index (χ3v) is 3.85. The summed E-state index contributed by atoms with van der Waals surface area (Å²) in [6.45, 7) is 3.79. The van der Waals surface area contributed by atoms with E-state index in [1.54, 1.807) is 9.91 Å². The van der Waals surface area contributed by atoms with Crippen LogP contribution < -0.4 is 10.2 Å². The molecule has 1 fully saturated rings. The molecule has 1 aliphatic rings. The topological polar surface area (TPSA) is 87.7 Å². The van der Waals surface area contributed by atoms with Gasteiger partial charge in [0.1, 0.15) is 0 Å². The van der Waals surface area contributed by atoms with Crippen molar-refractivity contribution in [1.29, 1.82) is 0 Å². The number of piperazine rings is 1. The third-order valence-electron chi connectivity index (χ3n) is 3.85. The Kier molecular flexibility index (Phi) is 5.20. The summed E-state index contributed by atoms with van der Waals surface area (Å²) in [6.07, 6.45) is 2.32. The van der Waals surface area contributed by atoms with E-state index in [0.29, 0.717) is 32.0 Å². The predicted octanol–water partition coefficient (Wildman–Crippen LogP) is 1.31. The highest BCUT2D eigenvalue weighted by molar-refractivity contribution is 5.73. The highest BCUT2D eigenvalue weighted by Crippen LogP contribution is 2.15. The van der Waals surface area contributed by atoms with E-state index in [-0.39, 0.29) is 11.7 Å². The molecule has 2 aromatic rings. The van der Waals surface area contributed by atoms with Crippen molar-refractivity contribution in [3.8, 4) is 17.1 Å². The van der Waals surface area contributed by atoms with Crippen molar-refractivity contribution in [3.05, 3.63) is 42.7 Å². The first-order chi connectivity index (χ1) is 12.1. The van der Waals surface area contributed by atoms with Gasteiger partial charge in [-0.1, -0.05) is 30.3 Å². The Labute approximate surface area is 145 Å². The zero-order valence-corrected chi connectivity index (χ0v) is 13.9. The molecule has 1 aliphatic heterocycles. The van der Waals surface area contributed by atoms with E-state index in [9.17, 15) is 9.59 Å². The van der Waals surface area contributed by atoms with Crippen LogP contribution in [0.5, 0.6) is 5.75 Å². The SMILES string of the molecule is CC(=O)N1CCN(NC(=O)Oc2cnc(-c3ccccc3)nc2)CC1. The maximum absolute atomic E-state index is 11.9. The van der Waals surface area contributed by atoms with E-state index >= 15 is 0 Å². The zero-order chi connectivity index (χ0) is 17.6. The number of hydrazine groups is 1. The molecule has 0 atom stereocenters. The van der Waals surface area contributed by atoms with E-state index in [1.165, 1.54) is 19.3 Å². The van der Waals surface area contributed by atoms with Gasteiger partial charge in [0.25, 0.3) is 0 Å². The summed E-state index contributed by atoms with van der Waals surface area (Å²) in [5, 5.41) is 1.72. The van der Waals surface area contributed by atoms with Crippen LogP contribution in [0.15, 0.2) is 42.7 Å². The largest absolute Gasteiger partial charge is 0.427 e. The van der Waals surface area contributed by atoms with Crippen LogP contribution in [-0.2, 0) is 4.79 Å². The Hall–Kier alpha value is -3.00. The van der Waals surface area contributed by atoms with Crippen molar-refractivity contribution in [1.82, 2.24) is 25.3 Å². The van der Waals surface area contributed by atoms with Crippen LogP contribution in [0.4, 0.5) is 4.79 Å².